The summed E-state index contributed by atoms with van der Waals surface area (Å²) in [7, 11) is 0. The molecule has 0 atom stereocenters. The number of carbonyl (C=O) groups excluding carboxylic acids is 1. The molecule has 1 rings (SSSR count). The van der Waals surface area contributed by atoms with E-state index in [4.69, 9.17) is 16.7 Å². The minimum absolute atomic E-state index is 0.0832. The van der Waals surface area contributed by atoms with E-state index in [1.807, 2.05) is 20.8 Å². The SMILES string of the molecule is Cc1c(Cl)cccc1NC(=O)N(CCC(=O)O)C(C)C. The van der Waals surface area contributed by atoms with Crippen LogP contribution in [-0.2, 0) is 4.79 Å². The highest BCUT2D eigenvalue weighted by atomic mass is 35.5. The van der Waals surface area contributed by atoms with Gasteiger partial charge in [-0.05, 0) is 38.5 Å². The fourth-order valence-corrected chi connectivity index (χ4v) is 1.91. The molecule has 0 aliphatic heterocycles. The molecule has 0 bridgehead atoms. The molecule has 20 heavy (non-hydrogen) atoms. The predicted octanol–water partition coefficient (Wildman–Crippen LogP) is 3.37. The Kier molecular flexibility index (Phi) is 5.82. The van der Waals surface area contributed by atoms with Gasteiger partial charge in [0.05, 0.1) is 6.42 Å². The number of carboxylic acids is 1. The van der Waals surface area contributed by atoms with Gasteiger partial charge in [-0.3, -0.25) is 4.79 Å². The lowest BCUT2D eigenvalue weighted by Crippen LogP contribution is -2.41. The first-order chi connectivity index (χ1) is 9.32. The van der Waals surface area contributed by atoms with Crippen molar-refractivity contribution >= 4 is 29.3 Å². The number of anilines is 1. The number of nitrogens with zero attached hydrogens (tertiary/aromatic N) is 1. The molecule has 0 fully saturated rings. The molecule has 0 unspecified atom stereocenters. The Balaban J connectivity index is 2.80. The van der Waals surface area contributed by atoms with E-state index in [2.05, 4.69) is 5.32 Å². The average Bonchev–Trinajstić information content (AvgIpc) is 2.34. The third-order valence-corrected chi connectivity index (χ3v) is 3.37. The molecular weight excluding hydrogens is 280 g/mol. The second kappa shape index (κ2) is 7.14. The van der Waals surface area contributed by atoms with Crippen LogP contribution < -0.4 is 5.32 Å². The molecule has 2 N–H and O–H groups in total. The maximum Gasteiger partial charge on any atom is 0.322 e. The maximum absolute atomic E-state index is 12.2. The third kappa shape index (κ3) is 4.42. The van der Waals surface area contributed by atoms with Crippen LogP contribution in [-0.4, -0.2) is 34.6 Å². The minimum Gasteiger partial charge on any atom is -0.481 e. The Bertz CT molecular complexity index is 503. The van der Waals surface area contributed by atoms with E-state index in [0.29, 0.717) is 10.7 Å². The zero-order chi connectivity index (χ0) is 15.3. The van der Waals surface area contributed by atoms with E-state index >= 15 is 0 Å². The van der Waals surface area contributed by atoms with E-state index in [0.717, 1.165) is 5.56 Å². The van der Waals surface area contributed by atoms with Crippen molar-refractivity contribution in [3.8, 4) is 0 Å². The molecule has 1 aromatic rings. The molecule has 0 aromatic heterocycles. The number of urea groups is 1. The zero-order valence-corrected chi connectivity index (χ0v) is 12.6. The summed E-state index contributed by atoms with van der Waals surface area (Å²) >= 11 is 6.00. The lowest BCUT2D eigenvalue weighted by atomic mass is 10.2. The second-order valence-corrected chi connectivity index (χ2v) is 5.18. The highest BCUT2D eigenvalue weighted by Crippen LogP contribution is 2.23. The number of benzene rings is 1. The molecular formula is C14H19ClN2O3. The number of halogens is 1. The van der Waals surface area contributed by atoms with E-state index in [1.165, 1.54) is 4.90 Å². The number of amides is 2. The fraction of sp³-hybridized carbons (Fsp3) is 0.429. The first-order valence-electron chi connectivity index (χ1n) is 6.37. The number of nitrogens with one attached hydrogen (secondary N) is 1. The summed E-state index contributed by atoms with van der Waals surface area (Å²) in [5, 5.41) is 12.1. The van der Waals surface area contributed by atoms with Crippen LogP contribution in [0.2, 0.25) is 5.02 Å². The van der Waals surface area contributed by atoms with Gasteiger partial charge < -0.3 is 15.3 Å². The number of rotatable bonds is 5. The monoisotopic (exact) mass is 298 g/mol. The van der Waals surface area contributed by atoms with Gasteiger partial charge in [-0.15, -0.1) is 0 Å². The highest BCUT2D eigenvalue weighted by Gasteiger charge is 2.18. The van der Waals surface area contributed by atoms with Crippen molar-refractivity contribution in [1.29, 1.82) is 0 Å². The standard InChI is InChI=1S/C14H19ClN2O3/c1-9(2)17(8-7-13(18)19)14(20)16-12-6-4-5-11(15)10(12)3/h4-6,9H,7-8H2,1-3H3,(H,16,20)(H,18,19). The summed E-state index contributed by atoms with van der Waals surface area (Å²) in [5.41, 5.74) is 1.41. The van der Waals surface area contributed by atoms with Crippen molar-refractivity contribution < 1.29 is 14.7 Å². The third-order valence-electron chi connectivity index (χ3n) is 2.96. The molecule has 2 amide bonds. The molecule has 6 heteroatoms. The van der Waals surface area contributed by atoms with Crippen molar-refractivity contribution in [2.75, 3.05) is 11.9 Å². The van der Waals surface area contributed by atoms with Crippen molar-refractivity contribution in [2.24, 2.45) is 0 Å². The summed E-state index contributed by atoms with van der Waals surface area (Å²) in [6.07, 6.45) is -0.0832. The Labute approximate surface area is 123 Å². The van der Waals surface area contributed by atoms with Crippen LogP contribution in [0.3, 0.4) is 0 Å². The molecule has 0 saturated carbocycles. The molecule has 5 nitrogen and oxygen atoms in total. The van der Waals surface area contributed by atoms with Crippen molar-refractivity contribution in [2.45, 2.75) is 33.2 Å². The fourth-order valence-electron chi connectivity index (χ4n) is 1.74. The van der Waals surface area contributed by atoms with Crippen LogP contribution in [0.15, 0.2) is 18.2 Å². The lowest BCUT2D eigenvalue weighted by molar-refractivity contribution is -0.137. The van der Waals surface area contributed by atoms with E-state index in [-0.39, 0.29) is 25.0 Å². The topological polar surface area (TPSA) is 69.6 Å². The quantitative estimate of drug-likeness (QED) is 0.875. The van der Waals surface area contributed by atoms with Gasteiger partial charge in [0.15, 0.2) is 0 Å². The summed E-state index contributed by atoms with van der Waals surface area (Å²) in [4.78, 5) is 24.3. The van der Waals surface area contributed by atoms with Crippen LogP contribution in [0.25, 0.3) is 0 Å². The van der Waals surface area contributed by atoms with Gasteiger partial charge >= 0.3 is 12.0 Å². The minimum atomic E-state index is -0.928. The molecule has 1 aromatic carbocycles. The first kappa shape index (κ1) is 16.3. The Morgan fingerprint density at radius 2 is 2.05 bits per heavy atom. The van der Waals surface area contributed by atoms with Crippen LogP contribution in [0.4, 0.5) is 10.5 Å². The molecule has 0 aliphatic rings. The van der Waals surface area contributed by atoms with Gasteiger partial charge in [0, 0.05) is 23.3 Å². The Morgan fingerprint density at radius 1 is 1.40 bits per heavy atom. The maximum atomic E-state index is 12.2. The highest BCUT2D eigenvalue weighted by molar-refractivity contribution is 6.31. The smallest absolute Gasteiger partial charge is 0.322 e. The largest absolute Gasteiger partial charge is 0.481 e. The van der Waals surface area contributed by atoms with Gasteiger partial charge in [-0.2, -0.15) is 0 Å². The van der Waals surface area contributed by atoms with Crippen LogP contribution >= 0.6 is 11.6 Å². The lowest BCUT2D eigenvalue weighted by Gasteiger charge is -2.26. The van der Waals surface area contributed by atoms with E-state index in [9.17, 15) is 9.59 Å². The number of hydrogen-bond donors (Lipinski definition) is 2. The predicted molar refractivity (Wildman–Crippen MR) is 79.3 cm³/mol. The Hall–Kier alpha value is -1.75. The number of aliphatic carboxylic acids is 1. The van der Waals surface area contributed by atoms with Gasteiger partial charge in [0.2, 0.25) is 0 Å². The van der Waals surface area contributed by atoms with Crippen LogP contribution in [0.5, 0.6) is 0 Å². The molecule has 0 saturated heterocycles. The van der Waals surface area contributed by atoms with Crippen molar-refractivity contribution in [1.82, 2.24) is 4.90 Å². The summed E-state index contributed by atoms with van der Waals surface area (Å²) in [6, 6.07) is 4.84. The normalized spacial score (nSPS) is 10.4. The summed E-state index contributed by atoms with van der Waals surface area (Å²) in [6.45, 7) is 5.66. The van der Waals surface area contributed by atoms with E-state index < -0.39 is 5.97 Å². The summed E-state index contributed by atoms with van der Waals surface area (Å²) in [5.74, 6) is -0.928. The van der Waals surface area contributed by atoms with Gasteiger partial charge in [-0.1, -0.05) is 17.7 Å². The van der Waals surface area contributed by atoms with Crippen molar-refractivity contribution in [3.05, 3.63) is 28.8 Å². The number of carbonyl (C=O) groups is 2. The number of carboxylic acid groups (broad SMARTS) is 1. The Morgan fingerprint density at radius 3 is 2.60 bits per heavy atom. The molecule has 0 heterocycles. The second-order valence-electron chi connectivity index (χ2n) is 4.77. The molecule has 0 spiro atoms. The average molecular weight is 299 g/mol. The van der Waals surface area contributed by atoms with Gasteiger partial charge in [0.25, 0.3) is 0 Å². The van der Waals surface area contributed by atoms with Gasteiger partial charge in [-0.25, -0.2) is 4.79 Å². The molecule has 0 aliphatic carbocycles. The molecule has 0 radical (unpaired) electrons. The van der Waals surface area contributed by atoms with Gasteiger partial charge in [0.1, 0.15) is 0 Å². The first-order valence-corrected chi connectivity index (χ1v) is 6.75. The number of hydrogen-bond acceptors (Lipinski definition) is 2. The zero-order valence-electron chi connectivity index (χ0n) is 11.8. The van der Waals surface area contributed by atoms with Crippen LogP contribution in [0.1, 0.15) is 25.8 Å². The molecule has 110 valence electrons. The van der Waals surface area contributed by atoms with Crippen molar-refractivity contribution in [3.63, 3.8) is 0 Å². The summed E-state index contributed by atoms with van der Waals surface area (Å²) < 4.78 is 0. The van der Waals surface area contributed by atoms with E-state index in [1.54, 1.807) is 18.2 Å². The van der Waals surface area contributed by atoms with Crippen LogP contribution in [0, 0.1) is 6.92 Å².